The third-order valence-corrected chi connectivity index (χ3v) is 3.98. The van der Waals surface area contributed by atoms with E-state index < -0.39 is 11.6 Å². The van der Waals surface area contributed by atoms with Crippen LogP contribution in [-0.4, -0.2) is 14.8 Å². The molecule has 0 saturated carbocycles. The predicted molar refractivity (Wildman–Crippen MR) is 90.6 cm³/mol. The number of nitrogens with zero attached hydrogens (tertiary/aromatic N) is 3. The lowest BCUT2D eigenvalue weighted by Gasteiger charge is -2.05. The number of benzene rings is 2. The maximum absolute atomic E-state index is 14.2. The molecule has 2 aromatic carbocycles. The van der Waals surface area contributed by atoms with Crippen molar-refractivity contribution in [3.8, 4) is 22.8 Å². The second kappa shape index (κ2) is 6.51. The molecule has 0 radical (unpaired) electrons. The summed E-state index contributed by atoms with van der Waals surface area (Å²) in [4.78, 5) is 4.57. The minimum absolute atomic E-state index is 0.259. The molecule has 0 aliphatic heterocycles. The topological polar surface area (TPSA) is 30.7 Å². The molecule has 3 rings (SSSR count). The van der Waals surface area contributed by atoms with Crippen molar-refractivity contribution in [3.05, 3.63) is 59.2 Å². The number of hydrogen-bond donors (Lipinski definition) is 0. The third-order valence-electron chi connectivity index (χ3n) is 3.98. The lowest BCUT2D eigenvalue weighted by atomic mass is 10.0. The van der Waals surface area contributed by atoms with Gasteiger partial charge in [-0.3, -0.25) is 0 Å². The van der Waals surface area contributed by atoms with E-state index in [1.54, 1.807) is 4.68 Å². The van der Waals surface area contributed by atoms with E-state index in [2.05, 4.69) is 10.1 Å². The second-order valence-electron chi connectivity index (χ2n) is 5.87. The Kier molecular flexibility index (Phi) is 4.42. The summed E-state index contributed by atoms with van der Waals surface area (Å²) in [6.07, 6.45) is 0.839. The summed E-state index contributed by atoms with van der Waals surface area (Å²) in [5.74, 6) is -0.245. The predicted octanol–water partition coefficient (Wildman–Crippen LogP) is 4.92. The number of aromatic nitrogens is 3. The Morgan fingerprint density at radius 1 is 1.04 bits per heavy atom. The van der Waals surface area contributed by atoms with E-state index >= 15 is 0 Å². The average Bonchev–Trinajstić information content (AvgIpc) is 2.91. The summed E-state index contributed by atoms with van der Waals surface area (Å²) in [6, 6.07) is 9.51. The molecule has 0 aliphatic carbocycles. The van der Waals surface area contributed by atoms with Crippen LogP contribution in [0.4, 0.5) is 8.78 Å². The molecular formula is C19H19F2N3. The SMILES string of the molecule is CCCn1nc(-c2c(C)cccc2C)nc1-c1ccc(F)cc1F. The summed E-state index contributed by atoms with van der Waals surface area (Å²) in [5, 5.41) is 4.58. The summed E-state index contributed by atoms with van der Waals surface area (Å²) in [6.45, 7) is 6.64. The summed E-state index contributed by atoms with van der Waals surface area (Å²) < 4.78 is 29.1. The van der Waals surface area contributed by atoms with Crippen LogP contribution < -0.4 is 0 Å². The average molecular weight is 327 g/mol. The molecule has 0 amide bonds. The molecule has 1 aromatic heterocycles. The number of halogens is 2. The zero-order valence-corrected chi connectivity index (χ0v) is 14.0. The van der Waals surface area contributed by atoms with Gasteiger partial charge in [0, 0.05) is 18.2 Å². The first-order chi connectivity index (χ1) is 11.5. The van der Waals surface area contributed by atoms with Crippen molar-refractivity contribution in [2.45, 2.75) is 33.7 Å². The highest BCUT2D eigenvalue weighted by Crippen LogP contribution is 2.29. The molecule has 0 fully saturated rings. The minimum Gasteiger partial charge on any atom is -0.245 e. The zero-order valence-electron chi connectivity index (χ0n) is 14.0. The molecular weight excluding hydrogens is 308 g/mol. The first kappa shape index (κ1) is 16.3. The van der Waals surface area contributed by atoms with Gasteiger partial charge in [-0.2, -0.15) is 5.10 Å². The number of rotatable bonds is 4. The minimum atomic E-state index is -0.632. The van der Waals surface area contributed by atoms with Gasteiger partial charge in [-0.05, 0) is 43.5 Å². The second-order valence-corrected chi connectivity index (χ2v) is 5.87. The molecule has 0 saturated heterocycles. The fourth-order valence-corrected chi connectivity index (χ4v) is 2.85. The number of hydrogen-bond acceptors (Lipinski definition) is 2. The fraction of sp³-hybridized carbons (Fsp3) is 0.263. The Balaban J connectivity index is 2.19. The third kappa shape index (κ3) is 2.94. The maximum atomic E-state index is 14.2. The van der Waals surface area contributed by atoms with E-state index in [9.17, 15) is 8.78 Å². The molecule has 24 heavy (non-hydrogen) atoms. The van der Waals surface area contributed by atoms with Crippen LogP contribution in [0.15, 0.2) is 36.4 Å². The lowest BCUT2D eigenvalue weighted by molar-refractivity contribution is 0.577. The fourth-order valence-electron chi connectivity index (χ4n) is 2.85. The van der Waals surface area contributed by atoms with Crippen molar-refractivity contribution < 1.29 is 8.78 Å². The van der Waals surface area contributed by atoms with Crippen LogP contribution in [0.5, 0.6) is 0 Å². The van der Waals surface area contributed by atoms with Gasteiger partial charge in [0.05, 0.1) is 5.56 Å². The van der Waals surface area contributed by atoms with E-state index in [1.165, 1.54) is 12.1 Å². The van der Waals surface area contributed by atoms with Crippen LogP contribution in [0.3, 0.4) is 0 Å². The molecule has 5 heteroatoms. The monoisotopic (exact) mass is 327 g/mol. The lowest BCUT2D eigenvalue weighted by Crippen LogP contribution is -2.03. The highest BCUT2D eigenvalue weighted by Gasteiger charge is 2.18. The molecule has 1 heterocycles. The molecule has 0 unspecified atom stereocenters. The van der Waals surface area contributed by atoms with Gasteiger partial charge >= 0.3 is 0 Å². The van der Waals surface area contributed by atoms with Crippen molar-refractivity contribution in [1.29, 1.82) is 0 Å². The molecule has 3 nitrogen and oxygen atoms in total. The van der Waals surface area contributed by atoms with E-state index in [0.29, 0.717) is 18.2 Å². The van der Waals surface area contributed by atoms with Crippen molar-refractivity contribution >= 4 is 0 Å². The molecule has 0 atom stereocenters. The Bertz CT molecular complexity index is 864. The Labute approximate surface area is 140 Å². The molecule has 124 valence electrons. The van der Waals surface area contributed by atoms with E-state index in [4.69, 9.17) is 0 Å². The van der Waals surface area contributed by atoms with Gasteiger partial charge in [-0.15, -0.1) is 0 Å². The Morgan fingerprint density at radius 2 is 1.75 bits per heavy atom. The maximum Gasteiger partial charge on any atom is 0.182 e. The summed E-state index contributed by atoms with van der Waals surface area (Å²) in [7, 11) is 0. The van der Waals surface area contributed by atoms with Crippen LogP contribution in [0.25, 0.3) is 22.8 Å². The van der Waals surface area contributed by atoms with Gasteiger partial charge in [0.2, 0.25) is 0 Å². The van der Waals surface area contributed by atoms with E-state index in [1.807, 2.05) is 39.0 Å². The molecule has 3 aromatic rings. The van der Waals surface area contributed by atoms with Gasteiger partial charge in [-0.25, -0.2) is 18.4 Å². The van der Waals surface area contributed by atoms with Gasteiger partial charge < -0.3 is 0 Å². The van der Waals surface area contributed by atoms with Crippen LogP contribution in [0.2, 0.25) is 0 Å². The van der Waals surface area contributed by atoms with Crippen molar-refractivity contribution in [1.82, 2.24) is 14.8 Å². The first-order valence-corrected chi connectivity index (χ1v) is 7.98. The Hall–Kier alpha value is -2.56. The molecule has 0 aliphatic rings. The van der Waals surface area contributed by atoms with E-state index in [0.717, 1.165) is 29.2 Å². The van der Waals surface area contributed by atoms with Crippen molar-refractivity contribution in [2.24, 2.45) is 0 Å². The zero-order chi connectivity index (χ0) is 17.3. The van der Waals surface area contributed by atoms with Gasteiger partial charge in [-0.1, -0.05) is 25.1 Å². The quantitative estimate of drug-likeness (QED) is 0.681. The molecule has 0 N–H and O–H groups in total. The van der Waals surface area contributed by atoms with Crippen molar-refractivity contribution in [3.63, 3.8) is 0 Å². The standard InChI is InChI=1S/C19H19F2N3/c1-4-10-24-19(15-9-8-14(20)11-16(15)21)22-18(23-24)17-12(2)6-5-7-13(17)3/h5-9,11H,4,10H2,1-3H3. The normalized spacial score (nSPS) is 11.0. The van der Waals surface area contributed by atoms with Gasteiger partial charge in [0.25, 0.3) is 0 Å². The molecule has 0 bridgehead atoms. The number of aryl methyl sites for hydroxylation is 3. The van der Waals surface area contributed by atoms with Crippen LogP contribution >= 0.6 is 0 Å². The highest BCUT2D eigenvalue weighted by atomic mass is 19.1. The highest BCUT2D eigenvalue weighted by molar-refractivity contribution is 5.67. The van der Waals surface area contributed by atoms with Gasteiger partial charge in [0.1, 0.15) is 11.6 Å². The largest absolute Gasteiger partial charge is 0.245 e. The van der Waals surface area contributed by atoms with E-state index in [-0.39, 0.29) is 5.56 Å². The summed E-state index contributed by atoms with van der Waals surface area (Å²) in [5.41, 5.74) is 3.34. The van der Waals surface area contributed by atoms with Crippen LogP contribution in [0, 0.1) is 25.5 Å². The Morgan fingerprint density at radius 3 is 2.38 bits per heavy atom. The summed E-state index contributed by atoms with van der Waals surface area (Å²) >= 11 is 0. The first-order valence-electron chi connectivity index (χ1n) is 7.98. The van der Waals surface area contributed by atoms with Crippen LogP contribution in [-0.2, 0) is 6.54 Å². The van der Waals surface area contributed by atoms with Crippen molar-refractivity contribution in [2.75, 3.05) is 0 Å². The van der Waals surface area contributed by atoms with Gasteiger partial charge in [0.15, 0.2) is 11.6 Å². The smallest absolute Gasteiger partial charge is 0.182 e. The van der Waals surface area contributed by atoms with Crippen LogP contribution in [0.1, 0.15) is 24.5 Å². The molecule has 0 spiro atoms.